The molecule has 0 amide bonds. The maximum Gasteiger partial charge on any atom is 0.123 e. The molecule has 1 fully saturated rings. The summed E-state index contributed by atoms with van der Waals surface area (Å²) in [7, 11) is 0. The van der Waals surface area contributed by atoms with Gasteiger partial charge in [-0.15, -0.1) is 0 Å². The van der Waals surface area contributed by atoms with E-state index in [-0.39, 0.29) is 11.4 Å². The third kappa shape index (κ3) is 2.43. The lowest BCUT2D eigenvalue weighted by Gasteiger charge is -2.39. The molecule has 1 nitrogen and oxygen atoms in total. The molecule has 2 N–H and O–H groups in total. The summed E-state index contributed by atoms with van der Waals surface area (Å²) in [5.41, 5.74) is 7.54. The van der Waals surface area contributed by atoms with Crippen LogP contribution in [-0.2, 0) is 6.42 Å². The van der Waals surface area contributed by atoms with Crippen molar-refractivity contribution in [2.24, 2.45) is 11.7 Å². The van der Waals surface area contributed by atoms with Crippen LogP contribution in [0.25, 0.3) is 0 Å². The summed E-state index contributed by atoms with van der Waals surface area (Å²) in [6, 6.07) is 6.74. The van der Waals surface area contributed by atoms with Gasteiger partial charge in [0.05, 0.1) is 0 Å². The number of halogens is 1. The molecule has 2 rings (SSSR count). The maximum absolute atomic E-state index is 12.8. The van der Waals surface area contributed by atoms with Gasteiger partial charge < -0.3 is 5.73 Å². The zero-order valence-electron chi connectivity index (χ0n) is 9.88. The summed E-state index contributed by atoms with van der Waals surface area (Å²) in [5.74, 6) is 0.387. The minimum Gasteiger partial charge on any atom is -0.325 e. The molecule has 0 aliphatic heterocycles. The van der Waals surface area contributed by atoms with Gasteiger partial charge in [-0.3, -0.25) is 0 Å². The van der Waals surface area contributed by atoms with Crippen LogP contribution in [0.2, 0.25) is 0 Å². The minimum absolute atomic E-state index is 0.0872. The fourth-order valence-corrected chi connectivity index (χ4v) is 2.68. The minimum atomic E-state index is -0.175. The van der Waals surface area contributed by atoms with E-state index >= 15 is 0 Å². The van der Waals surface area contributed by atoms with Gasteiger partial charge in [-0.1, -0.05) is 31.9 Å². The quantitative estimate of drug-likeness (QED) is 0.815. The second-order valence-corrected chi connectivity index (χ2v) is 5.18. The van der Waals surface area contributed by atoms with E-state index in [1.54, 1.807) is 0 Å². The van der Waals surface area contributed by atoms with Crippen LogP contribution in [0.1, 0.15) is 38.2 Å². The molecule has 0 heterocycles. The SMILES string of the molecule is CC1CCCCC1(N)Cc1ccc(F)cc1. The molecular formula is C14H20FN. The number of nitrogens with two attached hydrogens (primary N) is 1. The largest absolute Gasteiger partial charge is 0.325 e. The maximum atomic E-state index is 12.8. The Kier molecular flexibility index (Phi) is 3.29. The molecule has 0 spiro atoms. The Morgan fingerprint density at radius 2 is 2.00 bits per heavy atom. The highest BCUT2D eigenvalue weighted by Crippen LogP contribution is 2.34. The first-order chi connectivity index (χ1) is 7.60. The van der Waals surface area contributed by atoms with Crippen molar-refractivity contribution in [3.63, 3.8) is 0 Å². The second-order valence-electron chi connectivity index (χ2n) is 5.18. The van der Waals surface area contributed by atoms with Gasteiger partial charge in [-0.05, 0) is 42.9 Å². The van der Waals surface area contributed by atoms with Crippen LogP contribution in [0.5, 0.6) is 0 Å². The van der Waals surface area contributed by atoms with Crippen molar-refractivity contribution in [2.45, 2.75) is 44.6 Å². The summed E-state index contributed by atoms with van der Waals surface area (Å²) in [4.78, 5) is 0. The van der Waals surface area contributed by atoms with Crippen LogP contribution in [-0.4, -0.2) is 5.54 Å². The van der Waals surface area contributed by atoms with Crippen molar-refractivity contribution in [1.29, 1.82) is 0 Å². The molecule has 2 heteroatoms. The first-order valence-electron chi connectivity index (χ1n) is 6.13. The Morgan fingerprint density at radius 1 is 1.31 bits per heavy atom. The van der Waals surface area contributed by atoms with Gasteiger partial charge in [0.25, 0.3) is 0 Å². The van der Waals surface area contributed by atoms with Crippen molar-refractivity contribution < 1.29 is 4.39 Å². The standard InChI is InChI=1S/C14H20FN/c1-11-4-2-3-9-14(11,16)10-12-5-7-13(15)8-6-12/h5-8,11H,2-4,9-10,16H2,1H3. The van der Waals surface area contributed by atoms with Gasteiger partial charge in [-0.2, -0.15) is 0 Å². The topological polar surface area (TPSA) is 26.0 Å². The van der Waals surface area contributed by atoms with E-state index in [1.165, 1.54) is 31.4 Å². The Balaban J connectivity index is 2.10. The van der Waals surface area contributed by atoms with Gasteiger partial charge >= 0.3 is 0 Å². The van der Waals surface area contributed by atoms with Crippen molar-refractivity contribution in [1.82, 2.24) is 0 Å². The van der Waals surface area contributed by atoms with Gasteiger partial charge in [0.2, 0.25) is 0 Å². The number of hydrogen-bond acceptors (Lipinski definition) is 1. The number of rotatable bonds is 2. The third-order valence-electron chi connectivity index (χ3n) is 3.96. The fraction of sp³-hybridized carbons (Fsp3) is 0.571. The summed E-state index contributed by atoms with van der Waals surface area (Å²) >= 11 is 0. The third-order valence-corrected chi connectivity index (χ3v) is 3.96. The summed E-state index contributed by atoms with van der Waals surface area (Å²) < 4.78 is 12.8. The van der Waals surface area contributed by atoms with E-state index in [2.05, 4.69) is 6.92 Å². The average molecular weight is 221 g/mol. The molecule has 1 aromatic carbocycles. The molecule has 1 aromatic rings. The predicted molar refractivity (Wildman–Crippen MR) is 64.7 cm³/mol. The monoisotopic (exact) mass is 221 g/mol. The normalized spacial score (nSPS) is 30.3. The van der Waals surface area contributed by atoms with Crippen LogP contribution in [0.4, 0.5) is 4.39 Å². The Morgan fingerprint density at radius 3 is 2.62 bits per heavy atom. The Bertz CT molecular complexity index is 346. The number of benzene rings is 1. The van der Waals surface area contributed by atoms with E-state index in [9.17, 15) is 4.39 Å². The first kappa shape index (κ1) is 11.6. The average Bonchev–Trinajstić information content (AvgIpc) is 2.26. The highest BCUT2D eigenvalue weighted by Gasteiger charge is 2.34. The van der Waals surface area contributed by atoms with E-state index in [0.29, 0.717) is 5.92 Å². The molecule has 16 heavy (non-hydrogen) atoms. The fourth-order valence-electron chi connectivity index (χ4n) is 2.68. The molecule has 1 aliphatic carbocycles. The molecule has 2 atom stereocenters. The van der Waals surface area contributed by atoms with Gasteiger partial charge in [0.15, 0.2) is 0 Å². The predicted octanol–water partition coefficient (Wildman–Crippen LogP) is 3.28. The van der Waals surface area contributed by atoms with Crippen molar-refractivity contribution >= 4 is 0 Å². The summed E-state index contributed by atoms with van der Waals surface area (Å²) in [6.45, 7) is 2.24. The highest BCUT2D eigenvalue weighted by molar-refractivity contribution is 5.19. The Labute approximate surface area is 96.9 Å². The number of hydrogen-bond donors (Lipinski definition) is 1. The molecule has 0 radical (unpaired) electrons. The second kappa shape index (κ2) is 4.54. The van der Waals surface area contributed by atoms with Crippen LogP contribution in [0.3, 0.4) is 0 Å². The molecule has 1 aliphatic rings. The van der Waals surface area contributed by atoms with Crippen LogP contribution < -0.4 is 5.73 Å². The van der Waals surface area contributed by atoms with Crippen molar-refractivity contribution in [3.05, 3.63) is 35.6 Å². The van der Waals surface area contributed by atoms with E-state index in [4.69, 9.17) is 5.73 Å². The Hall–Kier alpha value is -0.890. The summed E-state index contributed by atoms with van der Waals surface area (Å²) in [5, 5.41) is 0. The molecule has 0 aromatic heterocycles. The smallest absolute Gasteiger partial charge is 0.123 e. The molecule has 0 bridgehead atoms. The van der Waals surface area contributed by atoms with Crippen LogP contribution >= 0.6 is 0 Å². The van der Waals surface area contributed by atoms with Gasteiger partial charge in [0.1, 0.15) is 5.82 Å². The van der Waals surface area contributed by atoms with E-state index in [0.717, 1.165) is 18.4 Å². The molecular weight excluding hydrogens is 201 g/mol. The molecule has 1 saturated carbocycles. The van der Waals surface area contributed by atoms with E-state index in [1.807, 2.05) is 12.1 Å². The van der Waals surface area contributed by atoms with Crippen LogP contribution in [0, 0.1) is 11.7 Å². The molecule has 0 saturated heterocycles. The first-order valence-corrected chi connectivity index (χ1v) is 6.13. The summed E-state index contributed by atoms with van der Waals surface area (Å²) in [6.07, 6.45) is 5.70. The van der Waals surface area contributed by atoms with E-state index < -0.39 is 0 Å². The van der Waals surface area contributed by atoms with Crippen LogP contribution in [0.15, 0.2) is 24.3 Å². The van der Waals surface area contributed by atoms with Gasteiger partial charge in [-0.25, -0.2) is 4.39 Å². The van der Waals surface area contributed by atoms with Gasteiger partial charge in [0, 0.05) is 5.54 Å². The lowest BCUT2D eigenvalue weighted by atomic mass is 9.71. The highest BCUT2D eigenvalue weighted by atomic mass is 19.1. The van der Waals surface area contributed by atoms with Crippen molar-refractivity contribution in [2.75, 3.05) is 0 Å². The molecule has 88 valence electrons. The molecule has 2 unspecified atom stereocenters. The zero-order chi connectivity index (χ0) is 11.6. The lowest BCUT2D eigenvalue weighted by Crippen LogP contribution is -2.49. The van der Waals surface area contributed by atoms with Crippen molar-refractivity contribution in [3.8, 4) is 0 Å². The zero-order valence-corrected chi connectivity index (χ0v) is 9.88. The lowest BCUT2D eigenvalue weighted by molar-refractivity contribution is 0.204.